The van der Waals surface area contributed by atoms with Crippen molar-refractivity contribution in [2.75, 3.05) is 14.2 Å². The van der Waals surface area contributed by atoms with E-state index >= 15 is 0 Å². The number of benzene rings is 2. The number of amides is 1. The molecule has 128 valence electrons. The molecule has 4 nitrogen and oxygen atoms in total. The molecule has 0 bridgehead atoms. The number of nitrogens with one attached hydrogen (secondary N) is 1. The van der Waals surface area contributed by atoms with Crippen molar-refractivity contribution in [2.24, 2.45) is 0 Å². The van der Waals surface area contributed by atoms with E-state index in [2.05, 4.69) is 11.4 Å². The number of rotatable bonds is 7. The van der Waals surface area contributed by atoms with E-state index in [1.807, 2.05) is 50.2 Å². The number of hydrogen-bond donors (Lipinski definition) is 1. The fourth-order valence-electron chi connectivity index (χ4n) is 2.27. The van der Waals surface area contributed by atoms with Gasteiger partial charge in [0.2, 0.25) is 5.91 Å². The van der Waals surface area contributed by atoms with Crippen LogP contribution in [0.1, 0.15) is 18.1 Å². The summed E-state index contributed by atoms with van der Waals surface area (Å²) in [4.78, 5) is 13.4. The number of carbonyl (C=O) groups excluding carboxylic acids is 1. The van der Waals surface area contributed by atoms with Gasteiger partial charge in [0.25, 0.3) is 0 Å². The highest BCUT2D eigenvalue weighted by atomic mass is 32.2. The van der Waals surface area contributed by atoms with Crippen molar-refractivity contribution in [3.05, 3.63) is 53.6 Å². The number of ether oxygens (including phenoxy) is 2. The molecule has 1 amide bonds. The van der Waals surface area contributed by atoms with Crippen LogP contribution in [0.5, 0.6) is 11.5 Å². The Balaban J connectivity index is 1.92. The lowest BCUT2D eigenvalue weighted by atomic mass is 10.2. The Morgan fingerprint density at radius 1 is 1.12 bits per heavy atom. The molecule has 2 aromatic rings. The average molecular weight is 345 g/mol. The summed E-state index contributed by atoms with van der Waals surface area (Å²) in [5.74, 6) is 1.35. The summed E-state index contributed by atoms with van der Waals surface area (Å²) < 4.78 is 10.5. The van der Waals surface area contributed by atoms with E-state index in [4.69, 9.17) is 9.47 Å². The zero-order valence-electron chi connectivity index (χ0n) is 14.5. The first-order chi connectivity index (χ1) is 11.5. The Labute approximate surface area is 147 Å². The van der Waals surface area contributed by atoms with Crippen LogP contribution in [0.25, 0.3) is 0 Å². The van der Waals surface area contributed by atoms with Gasteiger partial charge in [-0.1, -0.05) is 23.8 Å². The van der Waals surface area contributed by atoms with Gasteiger partial charge in [0.05, 0.1) is 19.5 Å². The van der Waals surface area contributed by atoms with Crippen LogP contribution in [0, 0.1) is 6.92 Å². The molecule has 5 heteroatoms. The molecule has 0 radical (unpaired) electrons. The molecule has 0 saturated heterocycles. The van der Waals surface area contributed by atoms with Crippen molar-refractivity contribution in [3.8, 4) is 11.5 Å². The number of carbonyl (C=O) groups is 1. The Bertz CT molecular complexity index is 703. The van der Waals surface area contributed by atoms with Gasteiger partial charge in [-0.05, 0) is 43.7 Å². The molecule has 1 unspecified atom stereocenters. The van der Waals surface area contributed by atoms with Crippen LogP contribution in [0.3, 0.4) is 0 Å². The molecule has 0 fully saturated rings. The maximum absolute atomic E-state index is 12.3. The third-order valence-electron chi connectivity index (χ3n) is 3.59. The van der Waals surface area contributed by atoms with Crippen molar-refractivity contribution in [1.29, 1.82) is 0 Å². The molecule has 0 aliphatic carbocycles. The van der Waals surface area contributed by atoms with Gasteiger partial charge in [-0.25, -0.2) is 0 Å². The predicted octanol–water partition coefficient (Wildman–Crippen LogP) is 3.81. The average Bonchev–Trinajstić information content (AvgIpc) is 2.59. The summed E-state index contributed by atoms with van der Waals surface area (Å²) in [6.45, 7) is 4.42. The lowest BCUT2D eigenvalue weighted by Gasteiger charge is -2.13. The Morgan fingerprint density at radius 2 is 1.88 bits per heavy atom. The number of hydrogen-bond acceptors (Lipinski definition) is 4. The quantitative estimate of drug-likeness (QED) is 0.775. The number of aryl methyl sites for hydroxylation is 1. The van der Waals surface area contributed by atoms with Crippen LogP contribution in [-0.2, 0) is 11.3 Å². The fraction of sp³-hybridized carbons (Fsp3) is 0.316. The van der Waals surface area contributed by atoms with Crippen LogP contribution in [-0.4, -0.2) is 25.4 Å². The maximum atomic E-state index is 12.3. The molecule has 2 rings (SSSR count). The Kier molecular flexibility index (Phi) is 6.55. The first-order valence-corrected chi connectivity index (χ1v) is 8.63. The van der Waals surface area contributed by atoms with Gasteiger partial charge in [-0.15, -0.1) is 11.8 Å². The summed E-state index contributed by atoms with van der Waals surface area (Å²) in [5, 5.41) is 2.81. The summed E-state index contributed by atoms with van der Waals surface area (Å²) in [5.41, 5.74) is 2.16. The second-order valence-corrected chi connectivity index (χ2v) is 6.90. The van der Waals surface area contributed by atoms with Crippen LogP contribution in [0.2, 0.25) is 0 Å². The molecule has 24 heavy (non-hydrogen) atoms. The maximum Gasteiger partial charge on any atom is 0.233 e. The fourth-order valence-corrected chi connectivity index (χ4v) is 3.28. The minimum Gasteiger partial charge on any atom is -0.493 e. The standard InChI is InChI=1S/C19H23NO3S/c1-13-6-5-7-16(10-13)24-14(2)19(21)20-12-15-8-9-17(22-3)18(11-15)23-4/h5-11,14H,12H2,1-4H3,(H,20,21). The first-order valence-electron chi connectivity index (χ1n) is 7.75. The van der Waals surface area contributed by atoms with Crippen LogP contribution in [0.15, 0.2) is 47.4 Å². The molecule has 1 N–H and O–H groups in total. The summed E-state index contributed by atoms with van der Waals surface area (Å²) >= 11 is 1.56. The summed E-state index contributed by atoms with van der Waals surface area (Å²) in [6, 6.07) is 13.8. The number of methoxy groups -OCH3 is 2. The van der Waals surface area contributed by atoms with Gasteiger partial charge in [0, 0.05) is 11.4 Å². The van der Waals surface area contributed by atoms with E-state index in [0.29, 0.717) is 18.0 Å². The molecular formula is C19H23NO3S. The van der Waals surface area contributed by atoms with Crippen LogP contribution < -0.4 is 14.8 Å². The normalized spacial score (nSPS) is 11.7. The van der Waals surface area contributed by atoms with Crippen molar-refractivity contribution < 1.29 is 14.3 Å². The van der Waals surface area contributed by atoms with Crippen molar-refractivity contribution >= 4 is 17.7 Å². The van der Waals surface area contributed by atoms with Gasteiger partial charge in [-0.3, -0.25) is 4.79 Å². The van der Waals surface area contributed by atoms with Gasteiger partial charge in [0.15, 0.2) is 11.5 Å². The van der Waals surface area contributed by atoms with E-state index < -0.39 is 0 Å². The third kappa shape index (κ3) is 4.93. The molecular weight excluding hydrogens is 322 g/mol. The van der Waals surface area contributed by atoms with Gasteiger partial charge in [0.1, 0.15) is 0 Å². The van der Waals surface area contributed by atoms with E-state index in [9.17, 15) is 4.79 Å². The molecule has 0 saturated carbocycles. The van der Waals surface area contributed by atoms with Crippen LogP contribution >= 0.6 is 11.8 Å². The van der Waals surface area contributed by atoms with Crippen LogP contribution in [0.4, 0.5) is 0 Å². The second-order valence-electron chi connectivity index (χ2n) is 5.48. The van der Waals surface area contributed by atoms with Gasteiger partial charge < -0.3 is 14.8 Å². The lowest BCUT2D eigenvalue weighted by Crippen LogP contribution is -2.30. The second kappa shape index (κ2) is 8.64. The molecule has 0 aromatic heterocycles. The molecule has 0 spiro atoms. The highest BCUT2D eigenvalue weighted by molar-refractivity contribution is 8.00. The smallest absolute Gasteiger partial charge is 0.233 e. The molecule has 0 aliphatic rings. The Morgan fingerprint density at radius 3 is 2.54 bits per heavy atom. The highest BCUT2D eigenvalue weighted by Crippen LogP contribution is 2.28. The van der Waals surface area contributed by atoms with E-state index in [-0.39, 0.29) is 11.2 Å². The summed E-state index contributed by atoms with van der Waals surface area (Å²) in [7, 11) is 3.20. The molecule has 2 aromatic carbocycles. The minimum absolute atomic E-state index is 0.0105. The van der Waals surface area contributed by atoms with Crippen molar-refractivity contribution in [2.45, 2.75) is 30.5 Å². The zero-order chi connectivity index (χ0) is 17.5. The molecule has 0 heterocycles. The third-order valence-corrected chi connectivity index (χ3v) is 4.68. The minimum atomic E-state index is -0.160. The topological polar surface area (TPSA) is 47.6 Å². The number of thioether (sulfide) groups is 1. The van der Waals surface area contributed by atoms with Crippen molar-refractivity contribution in [1.82, 2.24) is 5.32 Å². The summed E-state index contributed by atoms with van der Waals surface area (Å²) in [6.07, 6.45) is 0. The monoisotopic (exact) mass is 345 g/mol. The highest BCUT2D eigenvalue weighted by Gasteiger charge is 2.14. The molecule has 1 atom stereocenters. The predicted molar refractivity (Wildman–Crippen MR) is 97.9 cm³/mol. The van der Waals surface area contributed by atoms with Gasteiger partial charge >= 0.3 is 0 Å². The first kappa shape index (κ1) is 18.2. The van der Waals surface area contributed by atoms with E-state index in [1.54, 1.807) is 26.0 Å². The largest absolute Gasteiger partial charge is 0.493 e. The molecule has 0 aliphatic heterocycles. The zero-order valence-corrected chi connectivity index (χ0v) is 15.3. The Hall–Kier alpha value is -2.14. The van der Waals surface area contributed by atoms with E-state index in [0.717, 1.165) is 10.5 Å². The SMILES string of the molecule is COc1ccc(CNC(=O)C(C)Sc2cccc(C)c2)cc1OC. The van der Waals surface area contributed by atoms with Crippen molar-refractivity contribution in [3.63, 3.8) is 0 Å². The van der Waals surface area contributed by atoms with Gasteiger partial charge in [-0.2, -0.15) is 0 Å². The lowest BCUT2D eigenvalue weighted by molar-refractivity contribution is -0.120. The van der Waals surface area contributed by atoms with E-state index in [1.165, 1.54) is 5.56 Å².